The van der Waals surface area contributed by atoms with Gasteiger partial charge in [0.15, 0.2) is 0 Å². The fraction of sp³-hybridized carbons (Fsp3) is 0.111. The highest BCUT2D eigenvalue weighted by molar-refractivity contribution is 6.30. The second-order valence-corrected chi connectivity index (χ2v) is 3.64. The molecule has 0 atom stereocenters. The van der Waals surface area contributed by atoms with Gasteiger partial charge in [-0.2, -0.15) is 0 Å². The number of nitrogens with two attached hydrogens (primary N) is 1. The van der Waals surface area contributed by atoms with Crippen LogP contribution < -0.4 is 11.1 Å². The number of rotatable bonds is 3. The largest absolute Gasteiger partial charge is 0.367 e. The molecule has 0 aliphatic heterocycles. The summed E-state index contributed by atoms with van der Waals surface area (Å²) in [6.45, 7) is 0.0123. The smallest absolute Gasteiger partial charge is 0.247 e. The Bertz CT molecular complexity index is 540. The minimum Gasteiger partial charge on any atom is -0.367 e. The maximum Gasteiger partial charge on any atom is 0.247 e. The van der Waals surface area contributed by atoms with Crippen LogP contribution in [0.2, 0.25) is 5.02 Å². The molecule has 0 spiro atoms. The molecule has 88 valence electrons. The van der Waals surface area contributed by atoms with Gasteiger partial charge in [-0.15, -0.1) is 5.10 Å². The van der Waals surface area contributed by atoms with Gasteiger partial charge < -0.3 is 11.1 Å². The Kier molecular flexibility index (Phi) is 3.20. The Labute approximate surface area is 102 Å². The van der Waals surface area contributed by atoms with Crippen LogP contribution in [-0.4, -0.2) is 25.7 Å². The molecule has 17 heavy (non-hydrogen) atoms. The third kappa shape index (κ3) is 3.15. The van der Waals surface area contributed by atoms with Gasteiger partial charge in [0, 0.05) is 11.2 Å². The summed E-state index contributed by atoms with van der Waals surface area (Å²) >= 11 is 5.76. The summed E-state index contributed by atoms with van der Waals surface area (Å²) in [6.07, 6.45) is 2.88. The van der Waals surface area contributed by atoms with Crippen LogP contribution in [0.25, 0.3) is 0 Å². The Morgan fingerprint density at radius 1 is 1.53 bits per heavy atom. The van der Waals surface area contributed by atoms with Crippen LogP contribution in [0.5, 0.6) is 0 Å². The van der Waals surface area contributed by atoms with Crippen LogP contribution in [0.15, 0.2) is 24.7 Å². The lowest BCUT2D eigenvalue weighted by Gasteiger charge is -2.03. The molecule has 0 aliphatic carbocycles. The quantitative estimate of drug-likeness (QED) is 0.831. The molecule has 3 N–H and O–H groups in total. The second kappa shape index (κ2) is 4.79. The summed E-state index contributed by atoms with van der Waals surface area (Å²) in [7, 11) is 0. The van der Waals surface area contributed by atoms with Crippen LogP contribution in [0.3, 0.4) is 0 Å². The first kappa shape index (κ1) is 11.3. The Morgan fingerprint density at radius 2 is 2.35 bits per heavy atom. The standard InChI is InChI=1S/C9H9ClN6O/c10-6-1-2-12-7(3-6)14-8(17)4-16-5-13-9(11)15-16/h1-3,5H,4H2,(H2,11,15)(H,12,14,17). The van der Waals surface area contributed by atoms with Gasteiger partial charge >= 0.3 is 0 Å². The number of hydrogen-bond acceptors (Lipinski definition) is 5. The molecule has 7 nitrogen and oxygen atoms in total. The van der Waals surface area contributed by atoms with Gasteiger partial charge in [0.1, 0.15) is 18.7 Å². The zero-order valence-corrected chi connectivity index (χ0v) is 9.42. The van der Waals surface area contributed by atoms with Crippen LogP contribution in [-0.2, 0) is 11.3 Å². The third-order valence-corrected chi connectivity index (χ3v) is 2.08. The van der Waals surface area contributed by atoms with E-state index in [1.54, 1.807) is 12.1 Å². The van der Waals surface area contributed by atoms with Crippen LogP contribution in [0.4, 0.5) is 11.8 Å². The van der Waals surface area contributed by atoms with Gasteiger partial charge in [-0.05, 0) is 12.1 Å². The second-order valence-electron chi connectivity index (χ2n) is 3.21. The lowest BCUT2D eigenvalue weighted by molar-refractivity contribution is -0.116. The SMILES string of the molecule is Nc1ncn(CC(=O)Nc2cc(Cl)ccn2)n1. The summed E-state index contributed by atoms with van der Waals surface area (Å²) in [5, 5.41) is 6.86. The molecule has 2 rings (SSSR count). The lowest BCUT2D eigenvalue weighted by Crippen LogP contribution is -2.19. The van der Waals surface area contributed by atoms with Gasteiger partial charge in [-0.1, -0.05) is 11.6 Å². The number of nitrogens with zero attached hydrogens (tertiary/aromatic N) is 4. The predicted molar refractivity (Wildman–Crippen MR) is 62.3 cm³/mol. The van der Waals surface area contributed by atoms with E-state index in [1.165, 1.54) is 17.2 Å². The van der Waals surface area contributed by atoms with Crippen molar-refractivity contribution >= 4 is 29.3 Å². The predicted octanol–water partition coefficient (Wildman–Crippen LogP) is 0.547. The van der Waals surface area contributed by atoms with Crippen molar-refractivity contribution in [2.75, 3.05) is 11.1 Å². The van der Waals surface area contributed by atoms with E-state index >= 15 is 0 Å². The molecule has 8 heteroatoms. The van der Waals surface area contributed by atoms with Crippen molar-refractivity contribution in [1.29, 1.82) is 0 Å². The first-order chi connectivity index (χ1) is 8.13. The normalized spacial score (nSPS) is 10.2. The molecule has 2 heterocycles. The number of nitrogens with one attached hydrogen (secondary N) is 1. The van der Waals surface area contributed by atoms with E-state index in [9.17, 15) is 4.79 Å². The molecule has 0 aliphatic rings. The number of hydrogen-bond donors (Lipinski definition) is 2. The molecule has 0 unspecified atom stereocenters. The monoisotopic (exact) mass is 252 g/mol. The van der Waals surface area contributed by atoms with E-state index in [4.69, 9.17) is 17.3 Å². The van der Waals surface area contributed by atoms with Gasteiger partial charge in [0.25, 0.3) is 0 Å². The number of nitrogen functional groups attached to an aromatic ring is 1. The summed E-state index contributed by atoms with van der Waals surface area (Å²) < 4.78 is 1.33. The number of amides is 1. The highest BCUT2D eigenvalue weighted by Gasteiger charge is 2.06. The van der Waals surface area contributed by atoms with E-state index in [2.05, 4.69) is 20.4 Å². The summed E-state index contributed by atoms with van der Waals surface area (Å²) in [4.78, 5) is 19.2. The molecule has 0 bridgehead atoms. The van der Waals surface area contributed by atoms with Crippen molar-refractivity contribution in [3.8, 4) is 0 Å². The maximum absolute atomic E-state index is 11.6. The first-order valence-electron chi connectivity index (χ1n) is 4.70. The van der Waals surface area contributed by atoms with Crippen molar-refractivity contribution in [2.24, 2.45) is 0 Å². The number of carbonyl (C=O) groups is 1. The van der Waals surface area contributed by atoms with Gasteiger partial charge in [-0.3, -0.25) is 4.79 Å². The van der Waals surface area contributed by atoms with E-state index in [0.29, 0.717) is 10.8 Å². The van der Waals surface area contributed by atoms with Crippen LogP contribution >= 0.6 is 11.6 Å². The highest BCUT2D eigenvalue weighted by atomic mass is 35.5. The summed E-state index contributed by atoms with van der Waals surface area (Å²) in [5.41, 5.74) is 5.32. The lowest BCUT2D eigenvalue weighted by atomic mass is 10.4. The van der Waals surface area contributed by atoms with Crippen molar-refractivity contribution in [3.63, 3.8) is 0 Å². The number of halogens is 1. The zero-order valence-electron chi connectivity index (χ0n) is 8.67. The number of carbonyl (C=O) groups excluding carboxylic acids is 1. The highest BCUT2D eigenvalue weighted by Crippen LogP contribution is 2.11. The molecular formula is C9H9ClN6O. The first-order valence-corrected chi connectivity index (χ1v) is 5.07. The molecule has 0 aromatic carbocycles. The van der Waals surface area contributed by atoms with Crippen molar-refractivity contribution in [2.45, 2.75) is 6.54 Å². The van der Waals surface area contributed by atoms with E-state index in [-0.39, 0.29) is 18.4 Å². The molecule has 1 amide bonds. The zero-order chi connectivity index (χ0) is 12.3. The fourth-order valence-corrected chi connectivity index (χ4v) is 1.35. The van der Waals surface area contributed by atoms with Crippen molar-refractivity contribution in [1.82, 2.24) is 19.7 Å². The Balaban J connectivity index is 1.98. The van der Waals surface area contributed by atoms with E-state index in [0.717, 1.165) is 0 Å². The summed E-state index contributed by atoms with van der Waals surface area (Å²) in [6, 6.07) is 3.17. The minimum absolute atomic E-state index is 0.0123. The maximum atomic E-state index is 11.6. The van der Waals surface area contributed by atoms with Gasteiger partial charge in [0.2, 0.25) is 11.9 Å². The van der Waals surface area contributed by atoms with E-state index in [1.807, 2.05) is 0 Å². The number of aromatic nitrogens is 4. The molecule has 0 radical (unpaired) electrons. The molecule has 2 aromatic rings. The van der Waals surface area contributed by atoms with Crippen molar-refractivity contribution in [3.05, 3.63) is 29.7 Å². The van der Waals surface area contributed by atoms with E-state index < -0.39 is 0 Å². The molecule has 2 aromatic heterocycles. The molecule has 0 saturated heterocycles. The fourth-order valence-electron chi connectivity index (χ4n) is 1.19. The third-order valence-electron chi connectivity index (χ3n) is 1.85. The van der Waals surface area contributed by atoms with Gasteiger partial charge in [0.05, 0.1) is 0 Å². The number of anilines is 2. The van der Waals surface area contributed by atoms with Crippen LogP contribution in [0.1, 0.15) is 0 Å². The van der Waals surface area contributed by atoms with Crippen LogP contribution in [0, 0.1) is 0 Å². The number of pyridine rings is 1. The Hall–Kier alpha value is -2.15. The molecule has 0 saturated carbocycles. The molecular weight excluding hydrogens is 244 g/mol. The summed E-state index contributed by atoms with van der Waals surface area (Å²) in [5.74, 6) is 0.221. The average molecular weight is 253 g/mol. The van der Waals surface area contributed by atoms with Gasteiger partial charge in [-0.25, -0.2) is 14.6 Å². The molecule has 0 fully saturated rings. The Morgan fingerprint density at radius 3 is 3.00 bits per heavy atom. The average Bonchev–Trinajstić information content (AvgIpc) is 2.63. The minimum atomic E-state index is -0.287. The topological polar surface area (TPSA) is 98.7 Å². The van der Waals surface area contributed by atoms with Crippen molar-refractivity contribution < 1.29 is 4.79 Å².